The molecule has 0 spiro atoms. The molecular weight excluding hydrogens is 484 g/mol. The van der Waals surface area contributed by atoms with Crippen LogP contribution in [0, 0.1) is 0 Å². The maximum atomic E-state index is 11.9. The predicted molar refractivity (Wildman–Crippen MR) is 120 cm³/mol. The van der Waals surface area contributed by atoms with E-state index in [9.17, 15) is 5.11 Å². The molecule has 3 atom stereocenters. The van der Waals surface area contributed by atoms with Crippen LogP contribution in [0.3, 0.4) is 0 Å². The molecule has 3 unspecified atom stereocenters. The zero-order valence-corrected chi connectivity index (χ0v) is 18.7. The molecule has 6 nitrogen and oxygen atoms in total. The first kappa shape index (κ1) is 21.6. The van der Waals surface area contributed by atoms with Gasteiger partial charge in [0, 0.05) is 22.7 Å². The number of hydrogen-bond acceptors (Lipinski definition) is 4. The van der Waals surface area contributed by atoms with Gasteiger partial charge in [-0.05, 0) is 36.1 Å². The summed E-state index contributed by atoms with van der Waals surface area (Å²) in [6, 6.07) is 20.0. The first-order chi connectivity index (χ1) is 14.8. The van der Waals surface area contributed by atoms with Gasteiger partial charge < -0.3 is 20.7 Å². The fourth-order valence-corrected chi connectivity index (χ4v) is 5.16. The summed E-state index contributed by atoms with van der Waals surface area (Å²) in [5, 5.41) is 19.6. The number of nitrogens with zero attached hydrogens (tertiary/aromatic N) is 1. The largest absolute Gasteiger partial charge is 0.476 e. The molecule has 1 aromatic heterocycles. The second kappa shape index (κ2) is 8.15. The minimum Gasteiger partial charge on any atom is -0.476 e. The molecule has 0 saturated heterocycles. The van der Waals surface area contributed by atoms with Gasteiger partial charge in [0.15, 0.2) is 11.2 Å². The monoisotopic (exact) mass is 502 g/mol. The van der Waals surface area contributed by atoms with Gasteiger partial charge >= 0.3 is 6.09 Å². The average molecular weight is 504 g/mol. The van der Waals surface area contributed by atoms with E-state index in [1.807, 2.05) is 42.5 Å². The Kier molecular flexibility index (Phi) is 5.68. The number of primary amides is 1. The number of hydrogen-bond donors (Lipinski definition) is 3. The van der Waals surface area contributed by atoms with Gasteiger partial charge in [0.1, 0.15) is 11.4 Å². The number of aliphatic hydroxyl groups is 1. The summed E-state index contributed by atoms with van der Waals surface area (Å²) in [5.74, 6) is 0.561. The van der Waals surface area contributed by atoms with Crippen molar-refractivity contribution < 1.29 is 19.7 Å². The second-order valence-corrected chi connectivity index (χ2v) is 8.90. The molecule has 2 aliphatic rings. The van der Waals surface area contributed by atoms with E-state index >= 15 is 0 Å². The topological polar surface area (TPSA) is 106 Å². The standard InChI is InChI=1S/C22H17BrClNO2.CH3NO2/c23-16-8-6-15(7-9-16)22-18(14-4-2-1-3-5-14)10-11-21(22,26)20-19(27-22)12-17(24)13-25-20;2-1(3)4/h1-9,12-13,18,26H,10-11H2;2H2,(H,3,4). The predicted octanol–water partition coefficient (Wildman–Crippen LogP) is 5.17. The number of benzene rings is 2. The summed E-state index contributed by atoms with van der Waals surface area (Å²) in [6.45, 7) is 0. The average Bonchev–Trinajstić information content (AvgIpc) is 3.15. The highest BCUT2D eigenvalue weighted by atomic mass is 79.9. The van der Waals surface area contributed by atoms with Crippen molar-refractivity contribution in [1.82, 2.24) is 4.98 Å². The Morgan fingerprint density at radius 2 is 1.84 bits per heavy atom. The van der Waals surface area contributed by atoms with E-state index in [1.54, 1.807) is 12.3 Å². The first-order valence-corrected chi connectivity index (χ1v) is 10.8. The molecule has 31 heavy (non-hydrogen) atoms. The summed E-state index contributed by atoms with van der Waals surface area (Å²) in [6.07, 6.45) is 1.62. The van der Waals surface area contributed by atoms with E-state index in [0.717, 1.165) is 22.0 Å². The van der Waals surface area contributed by atoms with Crippen LogP contribution >= 0.6 is 27.5 Å². The molecule has 1 aliphatic heterocycles. The maximum Gasteiger partial charge on any atom is 0.402 e. The van der Waals surface area contributed by atoms with E-state index in [4.69, 9.17) is 26.2 Å². The van der Waals surface area contributed by atoms with E-state index in [0.29, 0.717) is 22.9 Å². The van der Waals surface area contributed by atoms with Crippen LogP contribution in [-0.4, -0.2) is 21.3 Å². The van der Waals surface area contributed by atoms with Crippen LogP contribution in [0.2, 0.25) is 5.02 Å². The van der Waals surface area contributed by atoms with Crippen molar-refractivity contribution in [3.05, 3.63) is 93.2 Å². The number of nitrogens with two attached hydrogens (primary N) is 1. The highest BCUT2D eigenvalue weighted by molar-refractivity contribution is 9.10. The Balaban J connectivity index is 0.000000535. The molecule has 3 aromatic rings. The number of pyridine rings is 1. The number of amides is 1. The lowest BCUT2D eigenvalue weighted by atomic mass is 9.73. The van der Waals surface area contributed by atoms with Crippen molar-refractivity contribution in [2.45, 2.75) is 30.0 Å². The Hall–Kier alpha value is -2.61. The lowest BCUT2D eigenvalue weighted by Gasteiger charge is -2.39. The normalized spacial score (nSPS) is 25.6. The number of rotatable bonds is 2. The highest BCUT2D eigenvalue weighted by Crippen LogP contribution is 2.66. The van der Waals surface area contributed by atoms with Crippen LogP contribution in [-0.2, 0) is 11.2 Å². The Bertz CT molecular complexity index is 1110. The molecule has 4 N–H and O–H groups in total. The van der Waals surface area contributed by atoms with Gasteiger partial charge in [-0.25, -0.2) is 4.79 Å². The number of fused-ring (bicyclic) bond motifs is 3. The minimum atomic E-state index is -1.33. The molecule has 2 heterocycles. The molecule has 0 radical (unpaired) electrons. The minimum absolute atomic E-state index is 0.00199. The van der Waals surface area contributed by atoms with Crippen molar-refractivity contribution in [2.24, 2.45) is 5.73 Å². The Labute approximate surface area is 192 Å². The highest BCUT2D eigenvalue weighted by Gasteiger charge is 2.69. The van der Waals surface area contributed by atoms with E-state index < -0.39 is 17.3 Å². The van der Waals surface area contributed by atoms with Crippen LogP contribution in [0.5, 0.6) is 5.75 Å². The van der Waals surface area contributed by atoms with E-state index in [2.05, 4.69) is 38.8 Å². The van der Waals surface area contributed by atoms with Crippen LogP contribution in [0.25, 0.3) is 0 Å². The molecule has 0 bridgehead atoms. The molecule has 8 heteroatoms. The third-order valence-corrected chi connectivity index (χ3v) is 6.59. The molecule has 1 aliphatic carbocycles. The van der Waals surface area contributed by atoms with E-state index in [-0.39, 0.29) is 5.92 Å². The van der Waals surface area contributed by atoms with Crippen LogP contribution in [0.4, 0.5) is 4.79 Å². The lowest BCUT2D eigenvalue weighted by molar-refractivity contribution is -0.107. The lowest BCUT2D eigenvalue weighted by Crippen LogP contribution is -2.48. The van der Waals surface area contributed by atoms with Crippen molar-refractivity contribution in [1.29, 1.82) is 0 Å². The fraction of sp³-hybridized carbons (Fsp3) is 0.217. The number of aromatic nitrogens is 1. The van der Waals surface area contributed by atoms with Crippen molar-refractivity contribution >= 4 is 33.6 Å². The van der Waals surface area contributed by atoms with Gasteiger partial charge in [-0.15, -0.1) is 0 Å². The zero-order chi connectivity index (χ0) is 22.2. The quantitative estimate of drug-likeness (QED) is 0.447. The number of ether oxygens (including phenoxy) is 1. The van der Waals surface area contributed by atoms with Crippen LogP contribution < -0.4 is 10.5 Å². The second-order valence-electron chi connectivity index (χ2n) is 7.55. The number of carboxylic acid groups (broad SMARTS) is 1. The van der Waals surface area contributed by atoms with Crippen molar-refractivity contribution in [3.8, 4) is 5.75 Å². The number of carbonyl (C=O) groups is 1. The zero-order valence-electron chi connectivity index (χ0n) is 16.3. The van der Waals surface area contributed by atoms with E-state index in [1.165, 1.54) is 0 Å². The molecule has 1 saturated carbocycles. The van der Waals surface area contributed by atoms with Crippen molar-refractivity contribution in [3.63, 3.8) is 0 Å². The molecule has 1 amide bonds. The van der Waals surface area contributed by atoms with Crippen LogP contribution in [0.15, 0.2) is 71.3 Å². The molecule has 2 aromatic carbocycles. The summed E-state index contributed by atoms with van der Waals surface area (Å²) in [4.78, 5) is 13.3. The van der Waals surface area contributed by atoms with Gasteiger partial charge in [0.25, 0.3) is 0 Å². The molecular formula is C23H20BrClN2O4. The van der Waals surface area contributed by atoms with Gasteiger partial charge in [0.05, 0.1) is 5.02 Å². The van der Waals surface area contributed by atoms with Gasteiger partial charge in [0.2, 0.25) is 0 Å². The Morgan fingerprint density at radius 1 is 1.19 bits per heavy atom. The summed E-state index contributed by atoms with van der Waals surface area (Å²) in [5.41, 5.74) is 4.55. The molecule has 5 rings (SSSR count). The van der Waals surface area contributed by atoms with Crippen LogP contribution in [0.1, 0.15) is 35.6 Å². The fourth-order valence-electron chi connectivity index (χ4n) is 4.75. The molecule has 1 fully saturated rings. The van der Waals surface area contributed by atoms with Gasteiger partial charge in [-0.1, -0.05) is 70.0 Å². The Morgan fingerprint density at radius 3 is 2.48 bits per heavy atom. The molecule has 160 valence electrons. The smallest absolute Gasteiger partial charge is 0.402 e. The summed E-state index contributed by atoms with van der Waals surface area (Å²) in [7, 11) is 0. The maximum absolute atomic E-state index is 11.9. The summed E-state index contributed by atoms with van der Waals surface area (Å²) < 4.78 is 7.57. The third kappa shape index (κ3) is 3.56. The van der Waals surface area contributed by atoms with Crippen molar-refractivity contribution in [2.75, 3.05) is 0 Å². The van der Waals surface area contributed by atoms with Gasteiger partial charge in [-0.2, -0.15) is 0 Å². The van der Waals surface area contributed by atoms with Gasteiger partial charge in [-0.3, -0.25) is 4.98 Å². The summed E-state index contributed by atoms with van der Waals surface area (Å²) >= 11 is 9.66. The SMILES string of the molecule is NC(=O)O.OC12CCC(c3ccccc3)C1(c1ccc(Br)cc1)Oc1cc(Cl)cnc12. The number of halogens is 2. The first-order valence-electron chi connectivity index (χ1n) is 9.65. The third-order valence-electron chi connectivity index (χ3n) is 5.86.